The Hall–Kier alpha value is -2.24. The third-order valence-corrected chi connectivity index (χ3v) is 3.36. The van der Waals surface area contributed by atoms with Gasteiger partial charge in [-0.25, -0.2) is 5.43 Å². The monoisotopic (exact) mass is 288 g/mol. The van der Waals surface area contributed by atoms with Crippen molar-refractivity contribution in [3.8, 4) is 17.2 Å². The largest absolute Gasteiger partial charge is 0.497 e. The van der Waals surface area contributed by atoms with Crippen LogP contribution in [0.4, 0.5) is 0 Å². The van der Waals surface area contributed by atoms with Crippen molar-refractivity contribution in [3.05, 3.63) is 53.6 Å². The molecule has 5 heteroatoms. The Morgan fingerprint density at radius 2 is 1.62 bits per heavy atom. The van der Waals surface area contributed by atoms with E-state index in [1.54, 1.807) is 21.3 Å². The molecule has 0 saturated heterocycles. The molecular weight excluding hydrogens is 268 g/mol. The highest BCUT2D eigenvalue weighted by Gasteiger charge is 2.19. The molecule has 0 heterocycles. The van der Waals surface area contributed by atoms with Crippen LogP contribution in [0.5, 0.6) is 17.2 Å². The van der Waals surface area contributed by atoms with E-state index in [-0.39, 0.29) is 6.04 Å². The number of nitrogens with two attached hydrogens (primary N) is 1. The maximum absolute atomic E-state index is 5.74. The number of para-hydroxylation sites is 1. The summed E-state index contributed by atoms with van der Waals surface area (Å²) in [6, 6.07) is 13.2. The Balaban J connectivity index is 2.45. The average Bonchev–Trinajstić information content (AvgIpc) is 2.55. The predicted octanol–water partition coefficient (Wildman–Crippen LogP) is 2.27. The number of rotatable bonds is 6. The molecule has 112 valence electrons. The molecule has 21 heavy (non-hydrogen) atoms. The maximum Gasteiger partial charge on any atom is 0.165 e. The van der Waals surface area contributed by atoms with Gasteiger partial charge in [0.05, 0.1) is 27.4 Å². The summed E-state index contributed by atoms with van der Waals surface area (Å²) in [5, 5.41) is 0. The molecule has 0 spiro atoms. The number of ether oxygens (including phenoxy) is 3. The third-order valence-electron chi connectivity index (χ3n) is 3.36. The van der Waals surface area contributed by atoms with Crippen LogP contribution >= 0.6 is 0 Å². The molecule has 2 aromatic rings. The zero-order valence-electron chi connectivity index (χ0n) is 12.4. The molecule has 0 fully saturated rings. The van der Waals surface area contributed by atoms with Gasteiger partial charge in [-0.1, -0.05) is 24.3 Å². The van der Waals surface area contributed by atoms with Gasteiger partial charge in [-0.2, -0.15) is 0 Å². The van der Waals surface area contributed by atoms with Gasteiger partial charge in [0.25, 0.3) is 0 Å². The Kier molecular flexibility index (Phi) is 5.03. The molecule has 0 aliphatic carbocycles. The molecule has 2 aromatic carbocycles. The first-order chi connectivity index (χ1) is 10.2. The van der Waals surface area contributed by atoms with Gasteiger partial charge in [0.15, 0.2) is 11.5 Å². The zero-order chi connectivity index (χ0) is 15.2. The molecule has 0 bridgehead atoms. The van der Waals surface area contributed by atoms with E-state index < -0.39 is 0 Å². The Morgan fingerprint density at radius 3 is 2.14 bits per heavy atom. The lowest BCUT2D eigenvalue weighted by atomic mass is 9.98. The number of nitrogens with one attached hydrogen (secondary N) is 1. The van der Waals surface area contributed by atoms with Crippen LogP contribution in [0.2, 0.25) is 0 Å². The number of hydrazine groups is 1. The first-order valence-corrected chi connectivity index (χ1v) is 6.56. The molecule has 1 atom stereocenters. The quantitative estimate of drug-likeness (QED) is 0.630. The SMILES string of the molecule is COc1ccc(C(NN)c2cccc(OC)c2OC)cc1. The first kappa shape index (κ1) is 15.2. The van der Waals surface area contributed by atoms with Crippen LogP contribution in [0.15, 0.2) is 42.5 Å². The van der Waals surface area contributed by atoms with E-state index in [1.807, 2.05) is 42.5 Å². The Bertz CT molecular complexity index is 585. The molecule has 0 aliphatic heterocycles. The minimum absolute atomic E-state index is 0.207. The van der Waals surface area contributed by atoms with Crippen molar-refractivity contribution in [1.29, 1.82) is 0 Å². The number of methoxy groups -OCH3 is 3. The van der Waals surface area contributed by atoms with E-state index in [9.17, 15) is 0 Å². The van der Waals surface area contributed by atoms with E-state index in [0.29, 0.717) is 11.5 Å². The topological polar surface area (TPSA) is 65.7 Å². The lowest BCUT2D eigenvalue weighted by Crippen LogP contribution is -2.29. The van der Waals surface area contributed by atoms with Crippen molar-refractivity contribution in [3.63, 3.8) is 0 Å². The summed E-state index contributed by atoms with van der Waals surface area (Å²) in [6.45, 7) is 0. The number of hydrogen-bond acceptors (Lipinski definition) is 5. The summed E-state index contributed by atoms with van der Waals surface area (Å²) in [7, 11) is 4.86. The number of hydrogen-bond donors (Lipinski definition) is 2. The Morgan fingerprint density at radius 1 is 0.905 bits per heavy atom. The van der Waals surface area contributed by atoms with Gasteiger partial charge in [-0.05, 0) is 23.8 Å². The van der Waals surface area contributed by atoms with E-state index in [2.05, 4.69) is 5.43 Å². The summed E-state index contributed by atoms with van der Waals surface area (Å²) < 4.78 is 16.0. The fourth-order valence-corrected chi connectivity index (χ4v) is 2.30. The van der Waals surface area contributed by atoms with E-state index >= 15 is 0 Å². The molecule has 0 radical (unpaired) electrons. The molecular formula is C16H20N2O3. The van der Waals surface area contributed by atoms with Crippen molar-refractivity contribution in [2.24, 2.45) is 5.84 Å². The molecule has 0 aliphatic rings. The van der Waals surface area contributed by atoms with Crippen molar-refractivity contribution >= 4 is 0 Å². The van der Waals surface area contributed by atoms with Crippen molar-refractivity contribution < 1.29 is 14.2 Å². The molecule has 0 aromatic heterocycles. The van der Waals surface area contributed by atoms with Crippen LogP contribution < -0.4 is 25.5 Å². The summed E-state index contributed by atoms with van der Waals surface area (Å²) in [5.41, 5.74) is 4.73. The standard InChI is InChI=1S/C16H20N2O3/c1-19-12-9-7-11(8-10-12)15(18-17)13-5-4-6-14(20-2)16(13)21-3/h4-10,15,18H,17H2,1-3H3. The summed E-state index contributed by atoms with van der Waals surface area (Å²) in [5.74, 6) is 7.88. The summed E-state index contributed by atoms with van der Waals surface area (Å²) in [6.07, 6.45) is 0. The third kappa shape index (κ3) is 3.09. The molecule has 3 N–H and O–H groups in total. The summed E-state index contributed by atoms with van der Waals surface area (Å²) >= 11 is 0. The fourth-order valence-electron chi connectivity index (χ4n) is 2.30. The molecule has 0 amide bonds. The van der Waals surface area contributed by atoms with Crippen LogP contribution in [0.25, 0.3) is 0 Å². The second-order valence-electron chi connectivity index (χ2n) is 4.46. The normalized spacial score (nSPS) is 11.8. The highest BCUT2D eigenvalue weighted by molar-refractivity contribution is 5.51. The zero-order valence-corrected chi connectivity index (χ0v) is 12.4. The van der Waals surface area contributed by atoms with Gasteiger partial charge in [0, 0.05) is 5.56 Å². The minimum atomic E-state index is -0.207. The molecule has 1 unspecified atom stereocenters. The lowest BCUT2D eigenvalue weighted by molar-refractivity contribution is 0.349. The average molecular weight is 288 g/mol. The molecule has 2 rings (SSSR count). The van der Waals surface area contributed by atoms with Crippen molar-refractivity contribution in [2.45, 2.75) is 6.04 Å². The van der Waals surface area contributed by atoms with Gasteiger partial charge in [0.1, 0.15) is 5.75 Å². The van der Waals surface area contributed by atoms with Crippen LogP contribution in [0.3, 0.4) is 0 Å². The number of benzene rings is 2. The van der Waals surface area contributed by atoms with E-state index in [0.717, 1.165) is 16.9 Å². The first-order valence-electron chi connectivity index (χ1n) is 6.56. The van der Waals surface area contributed by atoms with Crippen molar-refractivity contribution in [2.75, 3.05) is 21.3 Å². The molecule has 5 nitrogen and oxygen atoms in total. The van der Waals surface area contributed by atoms with E-state index in [4.69, 9.17) is 20.1 Å². The lowest BCUT2D eigenvalue weighted by Gasteiger charge is -2.21. The van der Waals surface area contributed by atoms with Crippen molar-refractivity contribution in [1.82, 2.24) is 5.43 Å². The molecule has 0 saturated carbocycles. The van der Waals surface area contributed by atoms with Gasteiger partial charge >= 0.3 is 0 Å². The highest BCUT2D eigenvalue weighted by atomic mass is 16.5. The second kappa shape index (κ2) is 6.97. The van der Waals surface area contributed by atoms with Crippen LogP contribution in [0, 0.1) is 0 Å². The van der Waals surface area contributed by atoms with Gasteiger partial charge in [-0.3, -0.25) is 5.84 Å². The smallest absolute Gasteiger partial charge is 0.165 e. The predicted molar refractivity (Wildman–Crippen MR) is 81.7 cm³/mol. The minimum Gasteiger partial charge on any atom is -0.497 e. The highest BCUT2D eigenvalue weighted by Crippen LogP contribution is 2.37. The van der Waals surface area contributed by atoms with Gasteiger partial charge in [0.2, 0.25) is 0 Å². The van der Waals surface area contributed by atoms with Gasteiger partial charge < -0.3 is 14.2 Å². The second-order valence-corrected chi connectivity index (χ2v) is 4.46. The van der Waals surface area contributed by atoms with Gasteiger partial charge in [-0.15, -0.1) is 0 Å². The summed E-state index contributed by atoms with van der Waals surface area (Å²) in [4.78, 5) is 0. The van der Waals surface area contributed by atoms with Crippen LogP contribution in [-0.4, -0.2) is 21.3 Å². The van der Waals surface area contributed by atoms with Crippen LogP contribution in [-0.2, 0) is 0 Å². The fraction of sp³-hybridized carbons (Fsp3) is 0.250. The maximum atomic E-state index is 5.74. The van der Waals surface area contributed by atoms with Crippen LogP contribution in [0.1, 0.15) is 17.2 Å². The van der Waals surface area contributed by atoms with E-state index in [1.165, 1.54) is 0 Å². The Labute approximate surface area is 124 Å².